The average molecular weight is 228 g/mol. The van der Waals surface area contributed by atoms with Crippen molar-refractivity contribution < 1.29 is 4.74 Å². The largest absolute Gasteiger partial charge is 0.472 e. The molecule has 0 fully saturated rings. The molecule has 1 heterocycles. The molecule has 0 N–H and O–H groups in total. The molecule has 0 aliphatic heterocycles. The fraction of sp³-hybridized carbons (Fsp3) is 0.0769. The van der Waals surface area contributed by atoms with E-state index in [9.17, 15) is 4.79 Å². The van der Waals surface area contributed by atoms with Gasteiger partial charge in [-0.05, 0) is 12.1 Å². The number of aromatic nitrogens is 2. The molecule has 4 heteroatoms. The first kappa shape index (κ1) is 11.1. The standard InChI is InChI=1S/C13H12N2O2/c1-2-10-17-12-8-9-13(16)15(14-12)11-6-4-3-5-7-11/h2-9H,1,10H2. The van der Waals surface area contributed by atoms with Crippen LogP contribution >= 0.6 is 0 Å². The molecule has 4 nitrogen and oxygen atoms in total. The fourth-order valence-electron chi connectivity index (χ4n) is 1.37. The molecule has 0 atom stereocenters. The summed E-state index contributed by atoms with van der Waals surface area (Å²) in [4.78, 5) is 11.7. The first-order chi connectivity index (χ1) is 8.31. The van der Waals surface area contributed by atoms with Crippen molar-refractivity contribution in [3.05, 3.63) is 65.5 Å². The Morgan fingerprint density at radius 2 is 2.00 bits per heavy atom. The van der Waals surface area contributed by atoms with E-state index < -0.39 is 0 Å². The third kappa shape index (κ3) is 2.60. The SMILES string of the molecule is C=CCOc1ccc(=O)n(-c2ccccc2)n1. The summed E-state index contributed by atoms with van der Waals surface area (Å²) >= 11 is 0. The monoisotopic (exact) mass is 228 g/mol. The quantitative estimate of drug-likeness (QED) is 0.749. The second-order valence-corrected chi connectivity index (χ2v) is 3.36. The van der Waals surface area contributed by atoms with Crippen molar-refractivity contribution in [2.24, 2.45) is 0 Å². The van der Waals surface area contributed by atoms with Crippen molar-refractivity contribution >= 4 is 0 Å². The first-order valence-corrected chi connectivity index (χ1v) is 5.21. The summed E-state index contributed by atoms with van der Waals surface area (Å²) in [5.74, 6) is 0.397. The van der Waals surface area contributed by atoms with Crippen molar-refractivity contribution in [3.8, 4) is 11.6 Å². The van der Waals surface area contributed by atoms with Gasteiger partial charge in [-0.3, -0.25) is 4.79 Å². The lowest BCUT2D eigenvalue weighted by molar-refractivity contribution is 0.340. The van der Waals surface area contributed by atoms with Gasteiger partial charge in [0.2, 0.25) is 5.88 Å². The van der Waals surface area contributed by atoms with Crippen LogP contribution < -0.4 is 10.3 Å². The molecule has 0 saturated heterocycles. The van der Waals surface area contributed by atoms with Gasteiger partial charge in [-0.2, -0.15) is 4.68 Å². The summed E-state index contributed by atoms with van der Waals surface area (Å²) in [5.41, 5.74) is 0.517. The molecular formula is C13H12N2O2. The van der Waals surface area contributed by atoms with Crippen LogP contribution in [0.1, 0.15) is 0 Å². The lowest BCUT2D eigenvalue weighted by Crippen LogP contribution is -2.20. The summed E-state index contributed by atoms with van der Waals surface area (Å²) in [6, 6.07) is 12.2. The Labute approximate surface area is 98.8 Å². The lowest BCUT2D eigenvalue weighted by Gasteiger charge is -2.06. The zero-order chi connectivity index (χ0) is 12.1. The van der Waals surface area contributed by atoms with Crippen LogP contribution in [-0.2, 0) is 0 Å². The molecule has 1 aromatic carbocycles. The zero-order valence-electron chi connectivity index (χ0n) is 9.24. The molecule has 0 aliphatic rings. The molecule has 0 spiro atoms. The third-order valence-corrected chi connectivity index (χ3v) is 2.13. The molecule has 0 unspecified atom stereocenters. The molecule has 0 saturated carbocycles. The highest BCUT2D eigenvalue weighted by Crippen LogP contribution is 2.06. The van der Waals surface area contributed by atoms with E-state index in [0.717, 1.165) is 0 Å². The smallest absolute Gasteiger partial charge is 0.271 e. The highest BCUT2D eigenvalue weighted by Gasteiger charge is 2.02. The Morgan fingerprint density at radius 3 is 2.71 bits per heavy atom. The molecule has 0 bridgehead atoms. The van der Waals surface area contributed by atoms with Crippen molar-refractivity contribution in [2.45, 2.75) is 0 Å². The third-order valence-electron chi connectivity index (χ3n) is 2.13. The molecule has 0 radical (unpaired) electrons. The Bertz CT molecular complexity index is 561. The topological polar surface area (TPSA) is 44.1 Å². The molecule has 0 aliphatic carbocycles. The molecule has 2 aromatic rings. The van der Waals surface area contributed by atoms with E-state index in [1.165, 1.54) is 10.7 Å². The van der Waals surface area contributed by atoms with E-state index in [1.807, 2.05) is 30.3 Å². The number of hydrogen-bond acceptors (Lipinski definition) is 3. The maximum Gasteiger partial charge on any atom is 0.271 e. The summed E-state index contributed by atoms with van der Waals surface area (Å²) in [7, 11) is 0. The molecule has 17 heavy (non-hydrogen) atoms. The van der Waals surface area contributed by atoms with Crippen LogP contribution in [0.2, 0.25) is 0 Å². The van der Waals surface area contributed by atoms with Crippen LogP contribution in [0.5, 0.6) is 5.88 Å². The van der Waals surface area contributed by atoms with Gasteiger partial charge in [-0.15, -0.1) is 5.10 Å². The predicted octanol–water partition coefficient (Wildman–Crippen LogP) is 1.80. The highest BCUT2D eigenvalue weighted by molar-refractivity contribution is 5.30. The molecule has 1 aromatic heterocycles. The summed E-state index contributed by atoms with van der Waals surface area (Å²) in [5, 5.41) is 4.11. The highest BCUT2D eigenvalue weighted by atomic mass is 16.5. The lowest BCUT2D eigenvalue weighted by atomic mass is 10.3. The normalized spacial score (nSPS) is 9.88. The van der Waals surface area contributed by atoms with Gasteiger partial charge in [0, 0.05) is 12.1 Å². The number of rotatable bonds is 4. The second kappa shape index (κ2) is 5.12. The number of nitrogens with zero attached hydrogens (tertiary/aromatic N) is 2. The van der Waals surface area contributed by atoms with Crippen molar-refractivity contribution in [2.75, 3.05) is 6.61 Å². The van der Waals surface area contributed by atoms with E-state index >= 15 is 0 Å². The Kier molecular flexibility index (Phi) is 3.35. The molecule has 0 amide bonds. The van der Waals surface area contributed by atoms with Crippen molar-refractivity contribution in [3.63, 3.8) is 0 Å². The van der Waals surface area contributed by atoms with Gasteiger partial charge in [0.05, 0.1) is 5.69 Å². The van der Waals surface area contributed by atoms with Crippen LogP contribution in [0, 0.1) is 0 Å². The van der Waals surface area contributed by atoms with Gasteiger partial charge in [0.1, 0.15) is 6.61 Å². The van der Waals surface area contributed by atoms with Crippen LogP contribution in [-0.4, -0.2) is 16.4 Å². The Hall–Kier alpha value is -2.36. The van der Waals surface area contributed by atoms with Crippen LogP contribution in [0.3, 0.4) is 0 Å². The number of hydrogen-bond donors (Lipinski definition) is 0. The maximum atomic E-state index is 11.7. The van der Waals surface area contributed by atoms with E-state index in [4.69, 9.17) is 4.74 Å². The van der Waals surface area contributed by atoms with E-state index in [0.29, 0.717) is 18.2 Å². The van der Waals surface area contributed by atoms with Crippen LogP contribution in [0.25, 0.3) is 5.69 Å². The van der Waals surface area contributed by atoms with Gasteiger partial charge in [-0.25, -0.2) is 0 Å². The van der Waals surface area contributed by atoms with E-state index in [-0.39, 0.29) is 5.56 Å². The van der Waals surface area contributed by atoms with Crippen molar-refractivity contribution in [1.82, 2.24) is 9.78 Å². The van der Waals surface area contributed by atoms with Gasteiger partial charge < -0.3 is 4.74 Å². The molecule has 86 valence electrons. The predicted molar refractivity (Wildman–Crippen MR) is 65.5 cm³/mol. The van der Waals surface area contributed by atoms with Crippen LogP contribution in [0.4, 0.5) is 0 Å². The minimum Gasteiger partial charge on any atom is -0.472 e. The Morgan fingerprint density at radius 1 is 1.24 bits per heavy atom. The second-order valence-electron chi connectivity index (χ2n) is 3.36. The minimum atomic E-state index is -0.192. The number of para-hydroxylation sites is 1. The van der Waals surface area contributed by atoms with Gasteiger partial charge in [0.15, 0.2) is 0 Å². The van der Waals surface area contributed by atoms with Gasteiger partial charge in [-0.1, -0.05) is 30.9 Å². The van der Waals surface area contributed by atoms with Gasteiger partial charge >= 0.3 is 0 Å². The maximum absolute atomic E-state index is 11.7. The number of ether oxygens (including phenoxy) is 1. The summed E-state index contributed by atoms with van der Waals surface area (Å²) in [6.45, 7) is 3.91. The van der Waals surface area contributed by atoms with Gasteiger partial charge in [0.25, 0.3) is 5.56 Å². The first-order valence-electron chi connectivity index (χ1n) is 5.21. The number of benzene rings is 1. The molecular weight excluding hydrogens is 216 g/mol. The van der Waals surface area contributed by atoms with Crippen molar-refractivity contribution in [1.29, 1.82) is 0 Å². The summed E-state index contributed by atoms with van der Waals surface area (Å²) < 4.78 is 6.59. The zero-order valence-corrected chi connectivity index (χ0v) is 9.24. The average Bonchev–Trinajstić information content (AvgIpc) is 2.39. The van der Waals surface area contributed by atoms with E-state index in [1.54, 1.807) is 12.1 Å². The minimum absolute atomic E-state index is 0.192. The molecule has 2 rings (SSSR count). The van der Waals surface area contributed by atoms with Crippen LogP contribution in [0.15, 0.2) is 59.9 Å². The fourth-order valence-corrected chi connectivity index (χ4v) is 1.37. The van der Waals surface area contributed by atoms with E-state index in [2.05, 4.69) is 11.7 Å². The Balaban J connectivity index is 2.39. The summed E-state index contributed by atoms with van der Waals surface area (Å²) in [6.07, 6.45) is 1.62.